The molecule has 1 aromatic heterocycles. The van der Waals surface area contributed by atoms with Crippen molar-refractivity contribution in [3.05, 3.63) is 46.4 Å². The maximum Gasteiger partial charge on any atom is 0.417 e. The maximum atomic E-state index is 12.6. The van der Waals surface area contributed by atoms with Crippen LogP contribution in [-0.2, 0) is 6.18 Å². The highest BCUT2D eigenvalue weighted by Crippen LogP contribution is 2.35. The number of benzene rings is 1. The Labute approximate surface area is 104 Å². The molecule has 0 aliphatic heterocycles. The summed E-state index contributed by atoms with van der Waals surface area (Å²) in [5.74, 6) is -0.00138. The highest BCUT2D eigenvalue weighted by atomic mass is 35.5. The van der Waals surface area contributed by atoms with Crippen molar-refractivity contribution < 1.29 is 13.2 Å². The minimum atomic E-state index is -4.55. The van der Waals surface area contributed by atoms with E-state index in [0.29, 0.717) is 0 Å². The maximum absolute atomic E-state index is 12.6. The van der Waals surface area contributed by atoms with Crippen LogP contribution in [0.1, 0.15) is 5.56 Å². The Bertz CT molecular complexity index is 627. The normalized spacial score (nSPS) is 11.3. The van der Waals surface area contributed by atoms with Gasteiger partial charge in [-0.2, -0.15) is 13.2 Å². The summed E-state index contributed by atoms with van der Waals surface area (Å²) in [6, 6.07) is 3.34. The molecule has 8 heteroatoms. The van der Waals surface area contributed by atoms with Crippen molar-refractivity contribution in [3.8, 4) is 5.69 Å². The molecule has 0 fully saturated rings. The smallest absolute Gasteiger partial charge is 0.358 e. The second-order valence-corrected chi connectivity index (χ2v) is 3.70. The highest BCUT2D eigenvalue weighted by Gasteiger charge is 2.33. The molecule has 0 radical (unpaired) electrons. The van der Waals surface area contributed by atoms with Crippen LogP contribution >= 0.6 is 11.6 Å². The van der Waals surface area contributed by atoms with Gasteiger partial charge in [0.15, 0.2) is 0 Å². The van der Waals surface area contributed by atoms with Crippen LogP contribution in [0.15, 0.2) is 24.4 Å². The monoisotopic (exact) mass is 272 g/mol. The van der Waals surface area contributed by atoms with Gasteiger partial charge < -0.3 is 4.85 Å². The number of rotatable bonds is 1. The van der Waals surface area contributed by atoms with Crippen molar-refractivity contribution in [2.24, 2.45) is 0 Å². The van der Waals surface area contributed by atoms with Crippen molar-refractivity contribution in [2.45, 2.75) is 6.18 Å². The van der Waals surface area contributed by atoms with Gasteiger partial charge in [0.1, 0.15) is 0 Å². The number of aromatic nitrogens is 3. The fourth-order valence-corrected chi connectivity index (χ4v) is 1.53. The molecule has 4 nitrogen and oxygen atoms in total. The first kappa shape index (κ1) is 12.4. The summed E-state index contributed by atoms with van der Waals surface area (Å²) >= 11 is 5.49. The van der Waals surface area contributed by atoms with Gasteiger partial charge in [0.05, 0.1) is 22.5 Å². The summed E-state index contributed by atoms with van der Waals surface area (Å²) < 4.78 is 39.0. The van der Waals surface area contributed by atoms with Gasteiger partial charge in [-0.25, -0.2) is 4.68 Å². The molecule has 1 heterocycles. The zero-order valence-corrected chi connectivity index (χ0v) is 9.37. The van der Waals surface area contributed by atoms with Crippen LogP contribution in [0.2, 0.25) is 5.02 Å². The zero-order chi connectivity index (χ0) is 13.3. The quantitative estimate of drug-likeness (QED) is 0.745. The van der Waals surface area contributed by atoms with Crippen LogP contribution in [0.3, 0.4) is 0 Å². The molecule has 0 saturated carbocycles. The van der Waals surface area contributed by atoms with Crippen LogP contribution in [0.4, 0.5) is 19.0 Å². The largest absolute Gasteiger partial charge is 0.417 e. The zero-order valence-electron chi connectivity index (χ0n) is 8.61. The molecular weight excluding hydrogens is 269 g/mol. The van der Waals surface area contributed by atoms with Gasteiger partial charge in [-0.1, -0.05) is 18.2 Å². The topological polar surface area (TPSA) is 35.1 Å². The average molecular weight is 273 g/mol. The first-order valence-electron chi connectivity index (χ1n) is 4.59. The lowest BCUT2D eigenvalue weighted by Crippen LogP contribution is -2.07. The van der Waals surface area contributed by atoms with Crippen LogP contribution in [0.5, 0.6) is 0 Å². The summed E-state index contributed by atoms with van der Waals surface area (Å²) in [5, 5.41) is 6.63. The van der Waals surface area contributed by atoms with Crippen molar-refractivity contribution >= 4 is 17.4 Å². The standard InChI is InChI=1S/C10H4ClF3N4/c1-15-9-5-18(17-16-9)6-2-3-8(11)7(4-6)10(12,13)14/h2-5H. The first-order chi connectivity index (χ1) is 8.41. The predicted molar refractivity (Wildman–Crippen MR) is 57.6 cm³/mol. The Morgan fingerprint density at radius 2 is 2.06 bits per heavy atom. The lowest BCUT2D eigenvalue weighted by Gasteiger charge is -2.10. The Kier molecular flexibility index (Phi) is 2.97. The number of alkyl halides is 3. The molecular formula is C10H4ClF3N4. The lowest BCUT2D eigenvalue weighted by atomic mass is 10.2. The van der Waals surface area contributed by atoms with E-state index in [1.165, 1.54) is 12.3 Å². The Balaban J connectivity index is 2.51. The summed E-state index contributed by atoms with van der Waals surface area (Å²) in [7, 11) is 0. The fourth-order valence-electron chi connectivity index (χ4n) is 1.31. The van der Waals surface area contributed by atoms with E-state index in [0.717, 1.165) is 16.8 Å². The van der Waals surface area contributed by atoms with Crippen LogP contribution in [0, 0.1) is 6.57 Å². The molecule has 0 bridgehead atoms. The van der Waals surface area contributed by atoms with Gasteiger partial charge in [0.2, 0.25) is 0 Å². The van der Waals surface area contributed by atoms with Crippen LogP contribution < -0.4 is 0 Å². The van der Waals surface area contributed by atoms with Crippen LogP contribution in [-0.4, -0.2) is 15.0 Å². The van der Waals surface area contributed by atoms with Gasteiger partial charge in [0.25, 0.3) is 0 Å². The van der Waals surface area contributed by atoms with E-state index in [1.54, 1.807) is 0 Å². The number of hydrogen-bond acceptors (Lipinski definition) is 2. The van der Waals surface area contributed by atoms with E-state index in [1.807, 2.05) is 0 Å². The van der Waals surface area contributed by atoms with E-state index in [-0.39, 0.29) is 11.5 Å². The first-order valence-corrected chi connectivity index (χ1v) is 4.96. The predicted octanol–water partition coefficient (Wildman–Crippen LogP) is 3.49. The van der Waals surface area contributed by atoms with Crippen molar-refractivity contribution in [1.82, 2.24) is 15.0 Å². The molecule has 0 unspecified atom stereocenters. The molecule has 2 rings (SSSR count). The Morgan fingerprint density at radius 3 is 2.61 bits per heavy atom. The van der Waals surface area contributed by atoms with E-state index < -0.39 is 16.8 Å². The minimum absolute atomic E-state index is 0.00138. The summed E-state index contributed by atoms with van der Waals surface area (Å²) in [6.45, 7) is 6.70. The molecule has 2 aromatic rings. The van der Waals surface area contributed by atoms with Gasteiger partial charge >= 0.3 is 12.0 Å². The third-order valence-electron chi connectivity index (χ3n) is 2.12. The number of halogens is 4. The number of nitrogens with zero attached hydrogens (tertiary/aromatic N) is 4. The molecule has 1 aromatic carbocycles. The van der Waals surface area contributed by atoms with Gasteiger partial charge in [-0.3, -0.25) is 0 Å². The molecule has 92 valence electrons. The van der Waals surface area contributed by atoms with E-state index in [9.17, 15) is 13.2 Å². The molecule has 0 aliphatic rings. The molecule has 0 aliphatic carbocycles. The SMILES string of the molecule is [C-]#[N+]c1cn(-c2ccc(Cl)c(C(F)(F)F)c2)nn1. The second-order valence-electron chi connectivity index (χ2n) is 3.30. The summed E-state index contributed by atoms with van der Waals surface area (Å²) in [4.78, 5) is 3.01. The van der Waals surface area contributed by atoms with Crippen molar-refractivity contribution in [1.29, 1.82) is 0 Å². The van der Waals surface area contributed by atoms with Crippen LogP contribution in [0.25, 0.3) is 10.5 Å². The fraction of sp³-hybridized carbons (Fsp3) is 0.100. The molecule has 0 N–H and O–H groups in total. The third-order valence-corrected chi connectivity index (χ3v) is 2.45. The average Bonchev–Trinajstić information content (AvgIpc) is 2.76. The summed E-state index contributed by atoms with van der Waals surface area (Å²) in [5.41, 5.74) is -0.823. The third kappa shape index (κ3) is 2.28. The van der Waals surface area contributed by atoms with Gasteiger partial charge in [-0.05, 0) is 18.2 Å². The van der Waals surface area contributed by atoms with E-state index in [2.05, 4.69) is 15.2 Å². The molecule has 0 saturated heterocycles. The second kappa shape index (κ2) is 4.31. The highest BCUT2D eigenvalue weighted by molar-refractivity contribution is 6.31. The van der Waals surface area contributed by atoms with Gasteiger partial charge in [-0.15, -0.1) is 0 Å². The van der Waals surface area contributed by atoms with E-state index in [4.69, 9.17) is 18.2 Å². The molecule has 0 amide bonds. The lowest BCUT2D eigenvalue weighted by molar-refractivity contribution is -0.137. The van der Waals surface area contributed by atoms with Gasteiger partial charge in [0, 0.05) is 10.3 Å². The molecule has 0 spiro atoms. The molecule has 18 heavy (non-hydrogen) atoms. The molecule has 0 atom stereocenters. The summed E-state index contributed by atoms with van der Waals surface area (Å²) in [6.07, 6.45) is -3.31. The Morgan fingerprint density at radius 1 is 1.33 bits per heavy atom. The van der Waals surface area contributed by atoms with Crippen molar-refractivity contribution in [2.75, 3.05) is 0 Å². The van der Waals surface area contributed by atoms with E-state index >= 15 is 0 Å². The van der Waals surface area contributed by atoms with Crippen molar-refractivity contribution in [3.63, 3.8) is 0 Å². The minimum Gasteiger partial charge on any atom is -0.358 e. The number of hydrogen-bond donors (Lipinski definition) is 0. The Hall–Kier alpha value is -2.07.